The van der Waals surface area contributed by atoms with Crippen LogP contribution in [0.3, 0.4) is 0 Å². The maximum absolute atomic E-state index is 12.8. The maximum Gasteiger partial charge on any atom is 0.355 e. The molecule has 1 aliphatic rings. The van der Waals surface area contributed by atoms with Gasteiger partial charge >= 0.3 is 10.5 Å². The van der Waals surface area contributed by atoms with Gasteiger partial charge in [-0.2, -0.15) is 8.97 Å². The first-order valence-electron chi connectivity index (χ1n) is 8.08. The van der Waals surface area contributed by atoms with Crippen molar-refractivity contribution in [1.82, 2.24) is 4.40 Å². The van der Waals surface area contributed by atoms with E-state index in [0.717, 1.165) is 0 Å². The van der Waals surface area contributed by atoms with Gasteiger partial charge in [-0.15, -0.1) is 0 Å². The van der Waals surface area contributed by atoms with E-state index in [-0.39, 0.29) is 23.1 Å². The minimum absolute atomic E-state index is 0.0491. The fourth-order valence-corrected chi connectivity index (χ4v) is 3.99. The van der Waals surface area contributed by atoms with Gasteiger partial charge in [0.1, 0.15) is 18.8 Å². The van der Waals surface area contributed by atoms with Crippen molar-refractivity contribution in [2.75, 3.05) is 6.61 Å². The van der Waals surface area contributed by atoms with Crippen LogP contribution >= 0.6 is 11.3 Å². The second-order valence-electron chi connectivity index (χ2n) is 6.49. The van der Waals surface area contributed by atoms with E-state index in [4.69, 9.17) is 9.47 Å². The number of aromatic hydroxyl groups is 1. The molecule has 0 saturated carbocycles. The van der Waals surface area contributed by atoms with Crippen molar-refractivity contribution in [3.05, 3.63) is 52.3 Å². The first-order valence-corrected chi connectivity index (χ1v) is 8.96. The molecule has 1 aliphatic heterocycles. The molecule has 7 heteroatoms. The number of ether oxygens (including phenoxy) is 2. The molecule has 2 aromatic heterocycles. The number of aromatic nitrogens is 2. The Hall–Kier alpha value is -2.22. The van der Waals surface area contributed by atoms with Crippen LogP contribution in [0.2, 0.25) is 0 Å². The summed E-state index contributed by atoms with van der Waals surface area (Å²) in [6, 6.07) is 9.20. The average molecular weight is 359 g/mol. The van der Waals surface area contributed by atoms with Gasteiger partial charge in [-0.05, 0) is 19.4 Å². The molecule has 4 rings (SSSR count). The molecular weight excluding hydrogens is 340 g/mol. The lowest BCUT2D eigenvalue weighted by Crippen LogP contribution is -2.45. The van der Waals surface area contributed by atoms with Crippen molar-refractivity contribution in [1.29, 1.82) is 0 Å². The average Bonchev–Trinajstić information content (AvgIpc) is 3.19. The van der Waals surface area contributed by atoms with Crippen LogP contribution in [0.5, 0.6) is 5.88 Å². The molecule has 3 aromatic rings. The zero-order chi connectivity index (χ0) is 17.6. The van der Waals surface area contributed by atoms with E-state index in [9.17, 15) is 9.90 Å². The van der Waals surface area contributed by atoms with Crippen LogP contribution in [0, 0.1) is 0 Å². The highest BCUT2D eigenvalue weighted by atomic mass is 32.1. The van der Waals surface area contributed by atoms with Gasteiger partial charge in [0.2, 0.25) is 0 Å². The molecule has 130 valence electrons. The maximum atomic E-state index is 12.8. The van der Waals surface area contributed by atoms with E-state index in [1.807, 2.05) is 49.6 Å². The van der Waals surface area contributed by atoms with Crippen molar-refractivity contribution < 1.29 is 19.1 Å². The fraction of sp³-hybridized carbons (Fsp3) is 0.333. The number of hydrogen-bond acceptors (Lipinski definition) is 5. The van der Waals surface area contributed by atoms with E-state index in [1.165, 1.54) is 11.3 Å². The van der Waals surface area contributed by atoms with Crippen LogP contribution in [-0.2, 0) is 16.0 Å². The van der Waals surface area contributed by atoms with E-state index in [1.54, 1.807) is 15.2 Å². The monoisotopic (exact) mass is 359 g/mol. The molecule has 1 unspecified atom stereocenters. The molecule has 1 aromatic carbocycles. The Labute approximate surface area is 148 Å². The van der Waals surface area contributed by atoms with E-state index in [0.29, 0.717) is 23.7 Å². The zero-order valence-corrected chi connectivity index (χ0v) is 14.8. The van der Waals surface area contributed by atoms with Crippen molar-refractivity contribution in [2.45, 2.75) is 32.3 Å². The molecule has 0 aliphatic carbocycles. The quantitative estimate of drug-likeness (QED) is 0.728. The van der Waals surface area contributed by atoms with Gasteiger partial charge in [0.05, 0.1) is 6.61 Å². The van der Waals surface area contributed by atoms with E-state index in [2.05, 4.69) is 0 Å². The highest BCUT2D eigenvalue weighted by Crippen LogP contribution is 2.26. The minimum atomic E-state index is -0.636. The number of thiazole rings is 1. The van der Waals surface area contributed by atoms with Gasteiger partial charge in [-0.25, -0.2) is 4.79 Å². The van der Waals surface area contributed by atoms with Gasteiger partial charge in [0.25, 0.3) is 5.88 Å². The van der Waals surface area contributed by atoms with Crippen LogP contribution in [0.15, 0.2) is 46.7 Å². The van der Waals surface area contributed by atoms with Gasteiger partial charge in [-0.1, -0.05) is 41.7 Å². The second-order valence-corrected chi connectivity index (χ2v) is 7.36. The summed E-state index contributed by atoms with van der Waals surface area (Å²) in [5.41, 5.74) is 0.734. The Morgan fingerprint density at radius 1 is 1.36 bits per heavy atom. The Bertz CT molecular complexity index is 978. The third-order valence-corrected chi connectivity index (χ3v) is 5.13. The van der Waals surface area contributed by atoms with Gasteiger partial charge in [0.15, 0.2) is 11.4 Å². The zero-order valence-electron chi connectivity index (χ0n) is 14.0. The van der Waals surface area contributed by atoms with Crippen LogP contribution in [-0.4, -0.2) is 28.0 Å². The smallest absolute Gasteiger partial charge is 0.355 e. The van der Waals surface area contributed by atoms with Crippen molar-refractivity contribution in [3.63, 3.8) is 0 Å². The first kappa shape index (κ1) is 16.3. The number of hydrogen-bond donors (Lipinski definition) is 1. The third-order valence-electron chi connectivity index (χ3n) is 4.25. The van der Waals surface area contributed by atoms with Gasteiger partial charge in [0, 0.05) is 5.38 Å². The second kappa shape index (κ2) is 5.94. The van der Waals surface area contributed by atoms with Crippen molar-refractivity contribution >= 4 is 16.3 Å². The summed E-state index contributed by atoms with van der Waals surface area (Å²) >= 11 is 1.40. The topological polar surface area (TPSA) is 64.1 Å². The molecule has 1 N–H and O–H groups in total. The predicted molar refractivity (Wildman–Crippen MR) is 93.7 cm³/mol. The van der Waals surface area contributed by atoms with Gasteiger partial charge < -0.3 is 14.6 Å². The molecule has 1 fully saturated rings. The Kier molecular flexibility index (Phi) is 3.87. The highest BCUT2D eigenvalue weighted by molar-refractivity contribution is 7.14. The molecule has 1 saturated heterocycles. The molecule has 0 radical (unpaired) electrons. The fourth-order valence-electron chi connectivity index (χ4n) is 3.14. The third kappa shape index (κ3) is 2.84. The molecule has 6 nitrogen and oxygen atoms in total. The largest absolute Gasteiger partial charge is 0.477 e. The van der Waals surface area contributed by atoms with Crippen molar-refractivity contribution in [2.24, 2.45) is 0 Å². The lowest BCUT2D eigenvalue weighted by molar-refractivity contribution is -0.685. The summed E-state index contributed by atoms with van der Waals surface area (Å²) in [5.74, 6) is -0.685. The van der Waals surface area contributed by atoms with Crippen molar-refractivity contribution in [3.8, 4) is 17.0 Å². The summed E-state index contributed by atoms with van der Waals surface area (Å²) in [5, 5.41) is 12.7. The summed E-state index contributed by atoms with van der Waals surface area (Å²) in [4.78, 5) is 13.5. The number of fused-ring (bicyclic) bond motifs is 1. The first-order chi connectivity index (χ1) is 12.0. The number of rotatable bonds is 3. The van der Waals surface area contributed by atoms with E-state index >= 15 is 0 Å². The van der Waals surface area contributed by atoms with Crippen LogP contribution < -0.4 is 10.1 Å². The van der Waals surface area contributed by atoms with Crippen LogP contribution in [0.25, 0.3) is 16.1 Å². The Morgan fingerprint density at radius 2 is 2.12 bits per heavy atom. The molecule has 0 bridgehead atoms. The molecule has 0 amide bonds. The molecule has 1 atom stereocenters. The van der Waals surface area contributed by atoms with Crippen LogP contribution in [0.1, 0.15) is 13.8 Å². The summed E-state index contributed by atoms with van der Waals surface area (Å²) in [6.45, 7) is 4.57. The van der Waals surface area contributed by atoms with Crippen LogP contribution in [0.4, 0.5) is 0 Å². The Morgan fingerprint density at radius 3 is 2.80 bits per heavy atom. The summed E-state index contributed by atoms with van der Waals surface area (Å²) in [7, 11) is 0. The SMILES string of the molecule is CC1(C)OCC(C[n+]2c(O)c(-c3ccccc3)c(=O)n3ccsc32)O1. The van der Waals surface area contributed by atoms with E-state index < -0.39 is 5.79 Å². The lowest BCUT2D eigenvalue weighted by Gasteiger charge is -2.17. The highest BCUT2D eigenvalue weighted by Gasteiger charge is 2.36. The van der Waals surface area contributed by atoms with Gasteiger partial charge in [-0.3, -0.25) is 0 Å². The number of benzene rings is 1. The Balaban J connectivity index is 1.86. The number of nitrogens with zero attached hydrogens (tertiary/aromatic N) is 2. The molecule has 3 heterocycles. The summed E-state index contributed by atoms with van der Waals surface area (Å²) < 4.78 is 14.8. The molecule has 0 spiro atoms. The minimum Gasteiger partial charge on any atom is -0.477 e. The standard InChI is InChI=1S/C18H18N2O4S/c1-18(2)23-11-13(24-18)10-20-16(22)14(12-6-4-3-5-7-12)15(21)19-8-9-25-17(19)20/h3-9,13H,10-11H2,1-2H3/p+1. The summed E-state index contributed by atoms with van der Waals surface area (Å²) in [6.07, 6.45) is 1.53. The molecule has 25 heavy (non-hydrogen) atoms. The predicted octanol–water partition coefficient (Wildman–Crippen LogP) is 2.17. The normalized spacial score (nSPS) is 19.5. The lowest BCUT2D eigenvalue weighted by atomic mass is 10.1. The molecular formula is C18H19N2O4S+.